The summed E-state index contributed by atoms with van der Waals surface area (Å²) in [6, 6.07) is 0. The summed E-state index contributed by atoms with van der Waals surface area (Å²) in [5, 5.41) is 0. The first-order valence-corrected chi connectivity index (χ1v) is 31.6. The summed E-state index contributed by atoms with van der Waals surface area (Å²) in [6.45, 7) is 13.8. The number of hydrogen-bond acceptors (Lipinski definition) is 6. The summed E-state index contributed by atoms with van der Waals surface area (Å²) in [5.74, 6) is 1.68. The first-order valence-electron chi connectivity index (χ1n) is 31.6. The van der Waals surface area contributed by atoms with Gasteiger partial charge in [-0.25, -0.2) is 0 Å². The topological polar surface area (TPSA) is 78.9 Å². The second kappa shape index (κ2) is 55.2. The number of carbonyl (C=O) groups excluding carboxylic acids is 3. The van der Waals surface area contributed by atoms with Gasteiger partial charge in [0.15, 0.2) is 6.10 Å². The molecule has 0 saturated heterocycles. The van der Waals surface area contributed by atoms with Crippen molar-refractivity contribution in [2.24, 2.45) is 17.8 Å². The molecule has 0 aromatic carbocycles. The van der Waals surface area contributed by atoms with Crippen LogP contribution in [0.2, 0.25) is 0 Å². The van der Waals surface area contributed by atoms with Crippen LogP contribution in [0.1, 0.15) is 356 Å². The van der Waals surface area contributed by atoms with Crippen molar-refractivity contribution in [3.63, 3.8) is 0 Å². The second-order valence-corrected chi connectivity index (χ2v) is 23.5. The Balaban J connectivity index is 4.24. The number of hydrogen-bond donors (Lipinski definition) is 0. The van der Waals surface area contributed by atoms with E-state index in [4.69, 9.17) is 14.2 Å². The lowest BCUT2D eigenvalue weighted by Gasteiger charge is -2.18. The zero-order valence-corrected chi connectivity index (χ0v) is 48.3. The molecule has 1 atom stereocenters. The third kappa shape index (κ3) is 57.3. The molecule has 0 radical (unpaired) electrons. The Morgan fingerprint density at radius 2 is 0.414 bits per heavy atom. The van der Waals surface area contributed by atoms with Crippen LogP contribution in [0.5, 0.6) is 0 Å². The average molecular weight is 990 g/mol. The monoisotopic (exact) mass is 989 g/mol. The van der Waals surface area contributed by atoms with Crippen LogP contribution in [0.3, 0.4) is 0 Å². The maximum absolute atomic E-state index is 12.9. The summed E-state index contributed by atoms with van der Waals surface area (Å²) < 4.78 is 16.9. The van der Waals surface area contributed by atoms with Gasteiger partial charge in [0, 0.05) is 19.3 Å². The SMILES string of the molecule is CC(C)CCCCCCCCCCCCCCCCCCCCC(=O)O[C@H](COC(=O)CCCCCCCCCCCCCCCCCCC(C)C)COC(=O)CCCCCCCCCCCC(C)C. The van der Waals surface area contributed by atoms with Gasteiger partial charge < -0.3 is 14.2 Å². The van der Waals surface area contributed by atoms with Gasteiger partial charge in [-0.3, -0.25) is 14.4 Å². The highest BCUT2D eigenvalue weighted by Crippen LogP contribution is 2.19. The smallest absolute Gasteiger partial charge is 0.306 e. The molecule has 6 heteroatoms. The van der Waals surface area contributed by atoms with Crippen molar-refractivity contribution in [3.05, 3.63) is 0 Å². The summed E-state index contributed by atoms with van der Waals surface area (Å²) in [6.07, 6.45) is 59.7. The number of ether oxygens (including phenoxy) is 3. The van der Waals surface area contributed by atoms with Crippen molar-refractivity contribution >= 4 is 17.9 Å². The van der Waals surface area contributed by atoms with Gasteiger partial charge in [0.25, 0.3) is 0 Å². The van der Waals surface area contributed by atoms with Gasteiger partial charge in [-0.05, 0) is 37.0 Å². The van der Waals surface area contributed by atoms with Gasteiger partial charge in [-0.2, -0.15) is 0 Å². The van der Waals surface area contributed by atoms with Crippen molar-refractivity contribution in [2.75, 3.05) is 13.2 Å². The predicted molar refractivity (Wildman–Crippen MR) is 303 cm³/mol. The Morgan fingerprint density at radius 1 is 0.243 bits per heavy atom. The van der Waals surface area contributed by atoms with E-state index in [1.165, 1.54) is 238 Å². The molecule has 0 rings (SSSR count). The Kier molecular flexibility index (Phi) is 53.9. The molecular weight excluding hydrogens is 865 g/mol. The van der Waals surface area contributed by atoms with Gasteiger partial charge in [0.1, 0.15) is 13.2 Å². The van der Waals surface area contributed by atoms with E-state index in [0.717, 1.165) is 75.5 Å². The molecule has 0 fully saturated rings. The fourth-order valence-electron chi connectivity index (χ4n) is 9.88. The minimum atomic E-state index is -0.764. The Bertz CT molecular complexity index is 1090. The van der Waals surface area contributed by atoms with E-state index in [1.54, 1.807) is 0 Å². The van der Waals surface area contributed by atoms with E-state index in [-0.39, 0.29) is 31.1 Å². The molecule has 0 spiro atoms. The molecule has 0 aromatic rings. The highest BCUT2D eigenvalue weighted by molar-refractivity contribution is 5.71. The van der Waals surface area contributed by atoms with Crippen LogP contribution in [0.15, 0.2) is 0 Å². The Hall–Kier alpha value is -1.59. The van der Waals surface area contributed by atoms with E-state index in [9.17, 15) is 14.4 Å². The van der Waals surface area contributed by atoms with E-state index in [2.05, 4.69) is 41.5 Å². The summed E-state index contributed by atoms with van der Waals surface area (Å²) in [5.41, 5.74) is 0. The maximum atomic E-state index is 12.9. The molecule has 0 N–H and O–H groups in total. The molecule has 0 unspecified atom stereocenters. The zero-order valence-electron chi connectivity index (χ0n) is 48.3. The summed E-state index contributed by atoms with van der Waals surface area (Å²) in [7, 11) is 0. The van der Waals surface area contributed by atoms with Crippen LogP contribution in [0.4, 0.5) is 0 Å². The number of esters is 3. The van der Waals surface area contributed by atoms with Crippen LogP contribution < -0.4 is 0 Å². The minimum absolute atomic E-state index is 0.0630. The normalized spacial score (nSPS) is 12.1. The Labute approximate surface area is 438 Å². The molecule has 0 heterocycles. The van der Waals surface area contributed by atoms with E-state index in [0.29, 0.717) is 19.3 Å². The molecule has 6 nitrogen and oxygen atoms in total. The van der Waals surface area contributed by atoms with Crippen LogP contribution in [-0.4, -0.2) is 37.2 Å². The van der Waals surface area contributed by atoms with Crippen molar-refractivity contribution < 1.29 is 28.6 Å². The van der Waals surface area contributed by atoms with E-state index >= 15 is 0 Å². The maximum Gasteiger partial charge on any atom is 0.306 e. The number of carbonyl (C=O) groups is 3. The zero-order chi connectivity index (χ0) is 51.2. The molecule has 0 bridgehead atoms. The molecular formula is C64H124O6. The standard InChI is InChI=1S/C64H124O6/c1-58(2)50-44-38-32-26-21-17-13-9-7-8-10-16-20-24-30-37-43-49-55-64(67)70-61(57-69-63(66)54-48-42-36-31-25-28-34-40-46-52-60(5)6)56-68-62(65)53-47-41-35-29-23-19-15-12-11-14-18-22-27-33-39-45-51-59(3)4/h58-61H,7-57H2,1-6H3/t61-/m1/s1. The molecule has 0 saturated carbocycles. The fraction of sp³-hybridized carbons (Fsp3) is 0.953. The van der Waals surface area contributed by atoms with Crippen molar-refractivity contribution in [1.29, 1.82) is 0 Å². The fourth-order valence-corrected chi connectivity index (χ4v) is 9.88. The largest absolute Gasteiger partial charge is 0.462 e. The molecule has 0 amide bonds. The predicted octanol–water partition coefficient (Wildman–Crippen LogP) is 21.1. The highest BCUT2D eigenvalue weighted by atomic mass is 16.6. The van der Waals surface area contributed by atoms with Gasteiger partial charge >= 0.3 is 17.9 Å². The second-order valence-electron chi connectivity index (χ2n) is 23.5. The number of unbranched alkanes of at least 4 members (excludes halogenated alkanes) is 40. The minimum Gasteiger partial charge on any atom is -0.462 e. The first-order chi connectivity index (χ1) is 34.1. The molecule has 0 aliphatic heterocycles. The van der Waals surface area contributed by atoms with Gasteiger partial charge in [0.05, 0.1) is 0 Å². The van der Waals surface area contributed by atoms with E-state index < -0.39 is 6.10 Å². The van der Waals surface area contributed by atoms with Gasteiger partial charge in [-0.1, -0.05) is 318 Å². The Morgan fingerprint density at radius 3 is 0.614 bits per heavy atom. The molecule has 70 heavy (non-hydrogen) atoms. The lowest BCUT2D eigenvalue weighted by atomic mass is 10.0. The van der Waals surface area contributed by atoms with Gasteiger partial charge in [-0.15, -0.1) is 0 Å². The third-order valence-electron chi connectivity index (χ3n) is 14.6. The van der Waals surface area contributed by atoms with Crippen LogP contribution >= 0.6 is 0 Å². The summed E-state index contributed by atoms with van der Waals surface area (Å²) in [4.78, 5) is 38.3. The quantitative estimate of drug-likeness (QED) is 0.0343. The highest BCUT2D eigenvalue weighted by Gasteiger charge is 2.19. The van der Waals surface area contributed by atoms with Crippen molar-refractivity contribution in [2.45, 2.75) is 362 Å². The number of rotatable bonds is 57. The summed E-state index contributed by atoms with van der Waals surface area (Å²) >= 11 is 0. The molecule has 0 aliphatic rings. The lowest BCUT2D eigenvalue weighted by Crippen LogP contribution is -2.30. The third-order valence-corrected chi connectivity index (χ3v) is 14.6. The van der Waals surface area contributed by atoms with Crippen LogP contribution in [0.25, 0.3) is 0 Å². The van der Waals surface area contributed by atoms with Crippen LogP contribution in [0, 0.1) is 17.8 Å². The van der Waals surface area contributed by atoms with Crippen molar-refractivity contribution in [3.8, 4) is 0 Å². The molecule has 0 aromatic heterocycles. The molecule has 0 aliphatic carbocycles. The van der Waals surface area contributed by atoms with Crippen molar-refractivity contribution in [1.82, 2.24) is 0 Å². The lowest BCUT2D eigenvalue weighted by molar-refractivity contribution is -0.167. The molecule has 416 valence electrons. The van der Waals surface area contributed by atoms with Gasteiger partial charge in [0.2, 0.25) is 0 Å². The van der Waals surface area contributed by atoms with E-state index in [1.807, 2.05) is 0 Å². The first kappa shape index (κ1) is 68.4. The van der Waals surface area contributed by atoms with Crippen LogP contribution in [-0.2, 0) is 28.6 Å². The average Bonchev–Trinajstić information content (AvgIpc) is 3.32.